The summed E-state index contributed by atoms with van der Waals surface area (Å²) in [4.78, 5) is 23.9. The van der Waals surface area contributed by atoms with E-state index in [9.17, 15) is 18.4 Å². The average Bonchev–Trinajstić information content (AvgIpc) is 2.86. The number of ether oxygens (including phenoxy) is 2. The van der Waals surface area contributed by atoms with Crippen LogP contribution < -0.4 is 20.1 Å². The number of hydrogen-bond donors (Lipinski definition) is 2. The zero-order valence-corrected chi connectivity index (χ0v) is 14.1. The first kappa shape index (κ1) is 17.7. The number of amides is 2. The SMILES string of the molecule is Cc1ccc(CNC(=O)C(=O)Nc2ccc3c(c2)OC(F)(F)O3)c(C)c1. The predicted molar refractivity (Wildman–Crippen MR) is 89.0 cm³/mol. The topological polar surface area (TPSA) is 76.7 Å². The van der Waals surface area contributed by atoms with Crippen LogP contribution in [-0.2, 0) is 16.1 Å². The van der Waals surface area contributed by atoms with E-state index in [0.717, 1.165) is 22.8 Å². The minimum atomic E-state index is -3.74. The number of hydrogen-bond acceptors (Lipinski definition) is 4. The van der Waals surface area contributed by atoms with Crippen molar-refractivity contribution >= 4 is 17.5 Å². The molecule has 2 aromatic rings. The summed E-state index contributed by atoms with van der Waals surface area (Å²) in [6.45, 7) is 4.08. The normalized spacial score (nSPS) is 14.0. The maximum absolute atomic E-state index is 13.0. The molecule has 0 saturated carbocycles. The number of alkyl halides is 2. The fraction of sp³-hybridized carbons (Fsp3) is 0.222. The second-order valence-corrected chi connectivity index (χ2v) is 5.90. The van der Waals surface area contributed by atoms with Gasteiger partial charge in [0.2, 0.25) is 0 Å². The highest BCUT2D eigenvalue weighted by atomic mass is 19.3. The van der Waals surface area contributed by atoms with Crippen LogP contribution in [-0.4, -0.2) is 18.1 Å². The quantitative estimate of drug-likeness (QED) is 0.824. The van der Waals surface area contributed by atoms with Gasteiger partial charge >= 0.3 is 18.1 Å². The monoisotopic (exact) mass is 362 g/mol. The van der Waals surface area contributed by atoms with E-state index < -0.39 is 18.1 Å². The summed E-state index contributed by atoms with van der Waals surface area (Å²) >= 11 is 0. The van der Waals surface area contributed by atoms with Crippen molar-refractivity contribution in [3.8, 4) is 11.5 Å². The highest BCUT2D eigenvalue weighted by Crippen LogP contribution is 2.42. The van der Waals surface area contributed by atoms with Crippen molar-refractivity contribution in [1.82, 2.24) is 5.32 Å². The van der Waals surface area contributed by atoms with Crippen LogP contribution in [0.2, 0.25) is 0 Å². The van der Waals surface area contributed by atoms with Crippen molar-refractivity contribution in [3.05, 3.63) is 53.1 Å². The van der Waals surface area contributed by atoms with Crippen molar-refractivity contribution in [2.45, 2.75) is 26.7 Å². The molecule has 2 amide bonds. The molecule has 8 heteroatoms. The molecule has 2 N–H and O–H groups in total. The summed E-state index contributed by atoms with van der Waals surface area (Å²) < 4.78 is 34.5. The molecule has 6 nitrogen and oxygen atoms in total. The van der Waals surface area contributed by atoms with Crippen LogP contribution in [0.15, 0.2) is 36.4 Å². The predicted octanol–water partition coefficient (Wildman–Crippen LogP) is 2.88. The number of carbonyl (C=O) groups excluding carboxylic acids is 2. The third-order valence-electron chi connectivity index (χ3n) is 3.80. The Labute approximate surface area is 148 Å². The highest BCUT2D eigenvalue weighted by Gasteiger charge is 2.43. The van der Waals surface area contributed by atoms with Gasteiger partial charge < -0.3 is 20.1 Å². The molecule has 0 atom stereocenters. The summed E-state index contributed by atoms with van der Waals surface area (Å²) in [5.74, 6) is -2.12. The van der Waals surface area contributed by atoms with Crippen molar-refractivity contribution in [1.29, 1.82) is 0 Å². The zero-order valence-electron chi connectivity index (χ0n) is 14.1. The molecule has 0 radical (unpaired) electrons. The summed E-state index contributed by atoms with van der Waals surface area (Å²) in [6, 6.07) is 9.48. The van der Waals surface area contributed by atoms with Gasteiger partial charge in [-0.15, -0.1) is 8.78 Å². The minimum absolute atomic E-state index is 0.136. The first-order valence-electron chi connectivity index (χ1n) is 7.79. The molecule has 0 spiro atoms. The second kappa shape index (κ2) is 6.62. The molecule has 0 saturated heterocycles. The van der Waals surface area contributed by atoms with Crippen molar-refractivity contribution in [2.75, 3.05) is 5.32 Å². The summed E-state index contributed by atoms with van der Waals surface area (Å²) in [7, 11) is 0. The van der Waals surface area contributed by atoms with E-state index in [1.165, 1.54) is 12.1 Å². The molecule has 1 aliphatic heterocycles. The standard InChI is InChI=1S/C18H16F2N2O4/c1-10-3-4-12(11(2)7-10)9-21-16(23)17(24)22-13-5-6-14-15(8-13)26-18(19,20)25-14/h3-8H,9H2,1-2H3,(H,21,23)(H,22,24). The summed E-state index contributed by atoms with van der Waals surface area (Å²) in [6.07, 6.45) is -3.74. The number of anilines is 1. The van der Waals surface area contributed by atoms with Crippen LogP contribution in [0.5, 0.6) is 11.5 Å². The molecule has 2 aromatic carbocycles. The number of carbonyl (C=O) groups is 2. The van der Waals surface area contributed by atoms with Gasteiger partial charge in [0, 0.05) is 18.3 Å². The van der Waals surface area contributed by atoms with Gasteiger partial charge in [0.15, 0.2) is 11.5 Å². The molecule has 0 unspecified atom stereocenters. The van der Waals surface area contributed by atoms with Gasteiger partial charge in [-0.3, -0.25) is 9.59 Å². The number of fused-ring (bicyclic) bond motifs is 1. The highest BCUT2D eigenvalue weighted by molar-refractivity contribution is 6.39. The second-order valence-electron chi connectivity index (χ2n) is 5.90. The Morgan fingerprint density at radius 1 is 1.00 bits per heavy atom. The van der Waals surface area contributed by atoms with E-state index in [0.29, 0.717) is 0 Å². The van der Waals surface area contributed by atoms with Gasteiger partial charge in [-0.1, -0.05) is 23.8 Å². The van der Waals surface area contributed by atoms with Crippen LogP contribution in [0.3, 0.4) is 0 Å². The number of rotatable bonds is 3. The molecule has 0 bridgehead atoms. The Bertz CT molecular complexity index is 883. The van der Waals surface area contributed by atoms with Gasteiger partial charge in [-0.05, 0) is 37.1 Å². The zero-order chi connectivity index (χ0) is 18.9. The van der Waals surface area contributed by atoms with Gasteiger partial charge in [-0.2, -0.15) is 0 Å². The largest absolute Gasteiger partial charge is 0.586 e. The van der Waals surface area contributed by atoms with Crippen LogP contribution in [0.1, 0.15) is 16.7 Å². The fourth-order valence-corrected chi connectivity index (χ4v) is 2.51. The lowest BCUT2D eigenvalue weighted by atomic mass is 10.1. The van der Waals surface area contributed by atoms with E-state index in [-0.39, 0.29) is 23.7 Å². The molecule has 3 rings (SSSR count). The van der Waals surface area contributed by atoms with Gasteiger partial charge in [0.05, 0.1) is 0 Å². The maximum Gasteiger partial charge on any atom is 0.586 e. The van der Waals surface area contributed by atoms with Gasteiger partial charge in [0.1, 0.15) is 0 Å². The molecular weight excluding hydrogens is 346 g/mol. The van der Waals surface area contributed by atoms with Crippen LogP contribution >= 0.6 is 0 Å². The number of benzene rings is 2. The number of halogens is 2. The van der Waals surface area contributed by atoms with E-state index in [4.69, 9.17) is 0 Å². The number of nitrogens with one attached hydrogen (secondary N) is 2. The molecular formula is C18H16F2N2O4. The number of aryl methyl sites for hydroxylation is 2. The molecule has 1 heterocycles. The Balaban J connectivity index is 1.59. The van der Waals surface area contributed by atoms with Crippen LogP contribution in [0, 0.1) is 13.8 Å². The Morgan fingerprint density at radius 2 is 1.73 bits per heavy atom. The molecule has 136 valence electrons. The lowest BCUT2D eigenvalue weighted by molar-refractivity contribution is -0.286. The lowest BCUT2D eigenvalue weighted by Gasteiger charge is -2.09. The van der Waals surface area contributed by atoms with Gasteiger partial charge in [0.25, 0.3) is 0 Å². The molecule has 0 fully saturated rings. The van der Waals surface area contributed by atoms with Crippen LogP contribution in [0.25, 0.3) is 0 Å². The fourth-order valence-electron chi connectivity index (χ4n) is 2.51. The van der Waals surface area contributed by atoms with E-state index >= 15 is 0 Å². The van der Waals surface area contributed by atoms with E-state index in [1.54, 1.807) is 0 Å². The maximum atomic E-state index is 13.0. The molecule has 0 aromatic heterocycles. The van der Waals surface area contributed by atoms with Gasteiger partial charge in [-0.25, -0.2) is 0 Å². The minimum Gasteiger partial charge on any atom is -0.395 e. The first-order valence-corrected chi connectivity index (χ1v) is 7.79. The van der Waals surface area contributed by atoms with Crippen molar-refractivity contribution < 1.29 is 27.8 Å². The van der Waals surface area contributed by atoms with Crippen molar-refractivity contribution in [2.24, 2.45) is 0 Å². The Kier molecular flexibility index (Phi) is 4.50. The molecule has 1 aliphatic rings. The summed E-state index contributed by atoms with van der Waals surface area (Å²) in [5, 5.41) is 4.85. The first-order chi connectivity index (χ1) is 12.2. The third-order valence-corrected chi connectivity index (χ3v) is 3.80. The van der Waals surface area contributed by atoms with E-state index in [1.807, 2.05) is 32.0 Å². The summed E-state index contributed by atoms with van der Waals surface area (Å²) in [5.41, 5.74) is 3.13. The Hall–Kier alpha value is -3.16. The lowest BCUT2D eigenvalue weighted by Crippen LogP contribution is -2.35. The molecule has 26 heavy (non-hydrogen) atoms. The average molecular weight is 362 g/mol. The smallest absolute Gasteiger partial charge is 0.395 e. The third kappa shape index (κ3) is 3.90. The Morgan fingerprint density at radius 3 is 2.46 bits per heavy atom. The molecule has 0 aliphatic carbocycles. The van der Waals surface area contributed by atoms with Crippen LogP contribution in [0.4, 0.5) is 14.5 Å². The van der Waals surface area contributed by atoms with Crippen molar-refractivity contribution in [3.63, 3.8) is 0 Å². The van der Waals surface area contributed by atoms with E-state index in [2.05, 4.69) is 20.1 Å².